The number of ether oxygens (including phenoxy) is 2. The third kappa shape index (κ3) is 7.11. The number of esters is 1. The summed E-state index contributed by atoms with van der Waals surface area (Å²) < 4.78 is 12.3. The topological polar surface area (TPSA) is 84.2 Å². The van der Waals surface area contributed by atoms with E-state index >= 15 is 0 Å². The van der Waals surface area contributed by atoms with Crippen LogP contribution in [0.2, 0.25) is 0 Å². The second-order valence-corrected chi connectivity index (χ2v) is 10.7. The molecule has 214 valence electrons. The standard InChI is InChI=1S/C34H38N2O5/c1-40-29-17-15-26(16-18-29)21-28-22-32(37)36(33(28)38)31-14-6-5-13-30(31)34(39)41-24-27-12-8-20-35(23-27)19-7-11-25-9-3-2-4-10-25/h2-6,9-10,13-18,22,27,37-38H,7-8,11-12,19-21,23-24H2,1H3. The third-order valence-electron chi connectivity index (χ3n) is 7.79. The number of likely N-dealkylation sites (tertiary alicyclic amines) is 1. The molecule has 7 nitrogen and oxygen atoms in total. The van der Waals surface area contributed by atoms with Crippen LogP contribution in [0.25, 0.3) is 5.69 Å². The predicted octanol–water partition coefficient (Wildman–Crippen LogP) is 5.99. The summed E-state index contributed by atoms with van der Waals surface area (Å²) in [4.78, 5) is 15.7. The fraction of sp³-hybridized carbons (Fsp3) is 0.324. The van der Waals surface area contributed by atoms with Crippen molar-refractivity contribution in [2.45, 2.75) is 32.1 Å². The molecule has 1 aromatic heterocycles. The molecule has 4 aromatic rings. The van der Waals surface area contributed by atoms with Crippen molar-refractivity contribution in [3.8, 4) is 23.2 Å². The number of benzene rings is 3. The van der Waals surface area contributed by atoms with Crippen LogP contribution in [0.5, 0.6) is 17.5 Å². The van der Waals surface area contributed by atoms with E-state index in [1.807, 2.05) is 30.3 Å². The molecule has 0 spiro atoms. The zero-order chi connectivity index (χ0) is 28.6. The van der Waals surface area contributed by atoms with Crippen LogP contribution < -0.4 is 4.74 Å². The molecule has 0 aliphatic carbocycles. The Kier molecular flexibility index (Phi) is 9.26. The summed E-state index contributed by atoms with van der Waals surface area (Å²) in [6.07, 6.45) is 4.69. The number of nitrogens with zero attached hydrogens (tertiary/aromatic N) is 2. The van der Waals surface area contributed by atoms with E-state index in [-0.39, 0.29) is 17.7 Å². The highest BCUT2D eigenvalue weighted by Gasteiger charge is 2.24. The first-order chi connectivity index (χ1) is 20.0. The summed E-state index contributed by atoms with van der Waals surface area (Å²) in [5, 5.41) is 21.8. The Morgan fingerprint density at radius 2 is 1.71 bits per heavy atom. The van der Waals surface area contributed by atoms with Gasteiger partial charge in [0, 0.05) is 30.5 Å². The van der Waals surface area contributed by atoms with Crippen LogP contribution in [0, 0.1) is 5.92 Å². The monoisotopic (exact) mass is 554 g/mol. The van der Waals surface area contributed by atoms with Gasteiger partial charge in [0.15, 0.2) is 5.88 Å². The number of aromatic nitrogens is 1. The first kappa shape index (κ1) is 28.3. The average Bonchev–Trinajstić information content (AvgIpc) is 3.28. The number of para-hydroxylation sites is 1. The van der Waals surface area contributed by atoms with Crippen molar-refractivity contribution in [2.24, 2.45) is 5.92 Å². The van der Waals surface area contributed by atoms with Crippen LogP contribution in [-0.4, -0.2) is 59.0 Å². The lowest BCUT2D eigenvalue weighted by Crippen LogP contribution is -2.38. The number of hydrogen-bond donors (Lipinski definition) is 2. The van der Waals surface area contributed by atoms with E-state index in [4.69, 9.17) is 9.47 Å². The number of aryl methyl sites for hydroxylation is 1. The van der Waals surface area contributed by atoms with Gasteiger partial charge in [-0.05, 0) is 74.2 Å². The first-order valence-electron chi connectivity index (χ1n) is 14.3. The van der Waals surface area contributed by atoms with Crippen LogP contribution in [0.15, 0.2) is 84.9 Å². The molecule has 41 heavy (non-hydrogen) atoms. The maximum atomic E-state index is 13.2. The Balaban J connectivity index is 1.21. The molecule has 2 N–H and O–H groups in total. The SMILES string of the molecule is COc1ccc(Cc2cc(O)n(-c3ccccc3C(=O)OCC3CCCN(CCCc4ccccc4)C3)c2O)cc1. The Bertz CT molecular complexity index is 1430. The Morgan fingerprint density at radius 3 is 2.49 bits per heavy atom. The van der Waals surface area contributed by atoms with Crippen LogP contribution >= 0.6 is 0 Å². The zero-order valence-corrected chi connectivity index (χ0v) is 23.5. The number of hydrogen-bond acceptors (Lipinski definition) is 6. The van der Waals surface area contributed by atoms with Crippen molar-refractivity contribution in [1.82, 2.24) is 9.47 Å². The van der Waals surface area contributed by atoms with Gasteiger partial charge in [-0.25, -0.2) is 4.79 Å². The molecule has 7 heteroatoms. The van der Waals surface area contributed by atoms with E-state index in [1.165, 1.54) is 16.2 Å². The molecular formula is C34H38N2O5. The van der Waals surface area contributed by atoms with E-state index in [0.717, 1.165) is 56.6 Å². The summed E-state index contributed by atoms with van der Waals surface area (Å²) >= 11 is 0. The lowest BCUT2D eigenvalue weighted by Gasteiger charge is -2.32. The number of aromatic hydroxyl groups is 2. The summed E-state index contributed by atoms with van der Waals surface area (Å²) in [5.41, 5.74) is 3.53. The van der Waals surface area contributed by atoms with Gasteiger partial charge in [-0.1, -0.05) is 54.6 Å². The molecule has 1 aliphatic rings. The highest BCUT2D eigenvalue weighted by molar-refractivity contribution is 5.93. The first-order valence-corrected chi connectivity index (χ1v) is 14.3. The van der Waals surface area contributed by atoms with Crippen LogP contribution in [0.4, 0.5) is 0 Å². The fourth-order valence-electron chi connectivity index (χ4n) is 5.62. The largest absolute Gasteiger partial charge is 0.497 e. The van der Waals surface area contributed by atoms with Crippen LogP contribution in [0.3, 0.4) is 0 Å². The molecule has 1 atom stereocenters. The average molecular weight is 555 g/mol. The van der Waals surface area contributed by atoms with Gasteiger partial charge >= 0.3 is 5.97 Å². The van der Waals surface area contributed by atoms with Crippen molar-refractivity contribution in [1.29, 1.82) is 0 Å². The van der Waals surface area contributed by atoms with E-state index < -0.39 is 5.97 Å². The summed E-state index contributed by atoms with van der Waals surface area (Å²) in [7, 11) is 1.61. The molecule has 2 heterocycles. The molecule has 5 rings (SSSR count). The molecule has 1 saturated heterocycles. The molecular weight excluding hydrogens is 516 g/mol. The van der Waals surface area contributed by atoms with Crippen LogP contribution in [0.1, 0.15) is 46.3 Å². The second-order valence-electron chi connectivity index (χ2n) is 10.7. The van der Waals surface area contributed by atoms with E-state index in [9.17, 15) is 15.0 Å². The van der Waals surface area contributed by atoms with Crippen molar-refractivity contribution < 1.29 is 24.5 Å². The Labute approximate surface area is 241 Å². The van der Waals surface area contributed by atoms with Gasteiger partial charge in [0.05, 0.1) is 25.0 Å². The number of piperidine rings is 1. The molecule has 1 unspecified atom stereocenters. The molecule has 0 saturated carbocycles. The number of carbonyl (C=O) groups excluding carboxylic acids is 1. The van der Waals surface area contributed by atoms with Gasteiger partial charge in [0.1, 0.15) is 5.75 Å². The number of carbonyl (C=O) groups is 1. The lowest BCUT2D eigenvalue weighted by molar-refractivity contribution is 0.0353. The highest BCUT2D eigenvalue weighted by atomic mass is 16.5. The smallest absolute Gasteiger partial charge is 0.340 e. The van der Waals surface area contributed by atoms with Crippen molar-refractivity contribution >= 4 is 5.97 Å². The van der Waals surface area contributed by atoms with Crippen molar-refractivity contribution in [2.75, 3.05) is 33.4 Å². The quantitative estimate of drug-likeness (QED) is 0.222. The number of methoxy groups -OCH3 is 1. The molecule has 1 fully saturated rings. The minimum atomic E-state index is -0.467. The molecule has 0 radical (unpaired) electrons. The van der Waals surface area contributed by atoms with Gasteiger partial charge in [0.25, 0.3) is 0 Å². The minimum absolute atomic E-state index is 0.114. The second kappa shape index (κ2) is 13.4. The maximum absolute atomic E-state index is 13.2. The predicted molar refractivity (Wildman–Crippen MR) is 159 cm³/mol. The van der Waals surface area contributed by atoms with Gasteiger partial charge in [-0.2, -0.15) is 0 Å². The van der Waals surface area contributed by atoms with Crippen molar-refractivity contribution in [3.05, 3.63) is 107 Å². The number of rotatable bonds is 11. The van der Waals surface area contributed by atoms with E-state index in [0.29, 0.717) is 29.8 Å². The normalized spacial score (nSPS) is 15.5. The van der Waals surface area contributed by atoms with Gasteiger partial charge in [-0.3, -0.25) is 4.57 Å². The van der Waals surface area contributed by atoms with Gasteiger partial charge in [-0.15, -0.1) is 0 Å². The highest BCUT2D eigenvalue weighted by Crippen LogP contribution is 2.35. The van der Waals surface area contributed by atoms with Crippen LogP contribution in [-0.2, 0) is 17.6 Å². The minimum Gasteiger partial charge on any atom is -0.497 e. The third-order valence-corrected chi connectivity index (χ3v) is 7.79. The van der Waals surface area contributed by atoms with E-state index in [1.54, 1.807) is 31.4 Å². The summed E-state index contributed by atoms with van der Waals surface area (Å²) in [6.45, 7) is 3.37. The van der Waals surface area contributed by atoms with E-state index in [2.05, 4.69) is 29.2 Å². The Morgan fingerprint density at radius 1 is 0.951 bits per heavy atom. The summed E-state index contributed by atoms with van der Waals surface area (Å²) in [6, 6.07) is 26.5. The molecule has 1 aliphatic heterocycles. The lowest BCUT2D eigenvalue weighted by atomic mass is 9.98. The van der Waals surface area contributed by atoms with Crippen molar-refractivity contribution in [3.63, 3.8) is 0 Å². The molecule has 0 bridgehead atoms. The summed E-state index contributed by atoms with van der Waals surface area (Å²) in [5.74, 6) is 0.295. The molecule has 0 amide bonds. The molecule has 3 aromatic carbocycles. The zero-order valence-electron chi connectivity index (χ0n) is 23.5. The van der Waals surface area contributed by atoms with Gasteiger partial charge in [0.2, 0.25) is 5.88 Å². The fourth-order valence-corrected chi connectivity index (χ4v) is 5.62. The van der Waals surface area contributed by atoms with Gasteiger partial charge < -0.3 is 24.6 Å². The maximum Gasteiger partial charge on any atom is 0.340 e. The Hall–Kier alpha value is -4.23.